The molecular formula is C17H17ClN4O4S. The highest BCUT2D eigenvalue weighted by Crippen LogP contribution is 2.21. The zero-order valence-electron chi connectivity index (χ0n) is 14.4. The molecule has 3 rings (SSSR count). The Morgan fingerprint density at radius 2 is 2.07 bits per heavy atom. The van der Waals surface area contributed by atoms with Gasteiger partial charge in [0.25, 0.3) is 15.9 Å². The van der Waals surface area contributed by atoms with E-state index in [1.165, 1.54) is 18.0 Å². The lowest BCUT2D eigenvalue weighted by Crippen LogP contribution is -2.44. The number of carbonyl (C=O) groups excluding carboxylic acids is 2. The van der Waals surface area contributed by atoms with Crippen molar-refractivity contribution in [3.63, 3.8) is 0 Å². The van der Waals surface area contributed by atoms with E-state index in [1.807, 2.05) is 0 Å². The van der Waals surface area contributed by atoms with Gasteiger partial charge < -0.3 is 15.1 Å². The second-order valence-corrected chi connectivity index (χ2v) is 8.17. The van der Waals surface area contributed by atoms with E-state index in [-0.39, 0.29) is 30.3 Å². The van der Waals surface area contributed by atoms with Crippen LogP contribution in [0.1, 0.15) is 0 Å². The van der Waals surface area contributed by atoms with Crippen LogP contribution in [0.15, 0.2) is 52.6 Å². The zero-order chi connectivity index (χ0) is 19.6. The number of amidine groups is 1. The number of para-hydroxylation sites is 1. The Bertz CT molecular complexity index is 984. The van der Waals surface area contributed by atoms with Crippen molar-refractivity contribution in [2.24, 2.45) is 4.40 Å². The Hall–Kier alpha value is -2.65. The van der Waals surface area contributed by atoms with Gasteiger partial charge in [-0.05, 0) is 24.3 Å². The molecule has 0 fully saturated rings. The molecule has 2 heterocycles. The summed E-state index contributed by atoms with van der Waals surface area (Å²) in [5.41, 5.74) is 0.563. The molecule has 0 unspecified atom stereocenters. The topological polar surface area (TPSA) is 99.1 Å². The lowest BCUT2D eigenvalue weighted by molar-refractivity contribution is -0.129. The molecule has 0 saturated heterocycles. The largest absolute Gasteiger partial charge is 0.332 e. The molecule has 0 aromatic heterocycles. The van der Waals surface area contributed by atoms with Crippen LogP contribution in [0.4, 0.5) is 5.69 Å². The molecule has 0 radical (unpaired) electrons. The highest BCUT2D eigenvalue weighted by Gasteiger charge is 2.31. The first kappa shape index (κ1) is 19.1. The fourth-order valence-electron chi connectivity index (χ4n) is 2.63. The monoisotopic (exact) mass is 408 g/mol. The molecule has 27 heavy (non-hydrogen) atoms. The van der Waals surface area contributed by atoms with E-state index in [1.54, 1.807) is 41.4 Å². The van der Waals surface area contributed by atoms with E-state index >= 15 is 0 Å². The molecule has 142 valence electrons. The predicted octanol–water partition coefficient (Wildman–Crippen LogP) is 1.23. The van der Waals surface area contributed by atoms with Gasteiger partial charge in [-0.3, -0.25) is 9.59 Å². The summed E-state index contributed by atoms with van der Waals surface area (Å²) in [6.07, 6.45) is 4.79. The molecule has 0 bridgehead atoms. The van der Waals surface area contributed by atoms with Crippen molar-refractivity contribution < 1.29 is 18.0 Å². The van der Waals surface area contributed by atoms with Crippen LogP contribution in [0.5, 0.6) is 0 Å². The fourth-order valence-corrected chi connectivity index (χ4v) is 3.80. The van der Waals surface area contributed by atoms with E-state index in [2.05, 4.69) is 9.71 Å². The smallest absolute Gasteiger partial charge is 0.257 e. The van der Waals surface area contributed by atoms with Gasteiger partial charge in [-0.1, -0.05) is 23.7 Å². The van der Waals surface area contributed by atoms with Crippen LogP contribution in [0.3, 0.4) is 0 Å². The fraction of sp³-hybridized carbons (Fsp3) is 0.235. The van der Waals surface area contributed by atoms with Crippen LogP contribution in [0.2, 0.25) is 5.02 Å². The van der Waals surface area contributed by atoms with Crippen LogP contribution in [-0.4, -0.2) is 61.8 Å². The Morgan fingerprint density at radius 3 is 2.81 bits per heavy atom. The first-order chi connectivity index (χ1) is 12.8. The van der Waals surface area contributed by atoms with Gasteiger partial charge in [-0.25, -0.2) is 8.42 Å². The van der Waals surface area contributed by atoms with E-state index in [0.29, 0.717) is 10.7 Å². The summed E-state index contributed by atoms with van der Waals surface area (Å²) in [5.74, 6) is -0.971. The van der Waals surface area contributed by atoms with Crippen molar-refractivity contribution in [1.29, 1.82) is 0 Å². The minimum Gasteiger partial charge on any atom is -0.332 e. The van der Waals surface area contributed by atoms with Crippen molar-refractivity contribution in [3.05, 3.63) is 53.2 Å². The number of sulfonamides is 1. The van der Waals surface area contributed by atoms with Crippen molar-refractivity contribution in [2.75, 3.05) is 31.2 Å². The third-order valence-electron chi connectivity index (χ3n) is 3.96. The maximum atomic E-state index is 12.7. The molecule has 10 heteroatoms. The first-order valence-corrected chi connectivity index (χ1v) is 10.0. The van der Waals surface area contributed by atoms with Gasteiger partial charge in [0.2, 0.25) is 5.91 Å². The number of nitrogens with zero attached hydrogens (tertiary/aromatic N) is 3. The number of allylic oxidation sites excluding steroid dienone is 2. The average Bonchev–Trinajstić information content (AvgIpc) is 2.61. The highest BCUT2D eigenvalue weighted by molar-refractivity contribution is 7.90. The molecular weight excluding hydrogens is 392 g/mol. The summed E-state index contributed by atoms with van der Waals surface area (Å²) in [6.45, 7) is -0.00979. The number of hydrogen-bond donors (Lipinski definition) is 1. The number of anilines is 1. The number of likely N-dealkylation sites (N-methyl/N-ethyl adjacent to an activating group) is 1. The summed E-state index contributed by atoms with van der Waals surface area (Å²) in [5, 5.41) is 3.02. The summed E-state index contributed by atoms with van der Waals surface area (Å²) < 4.78 is 27.3. The second kappa shape index (κ2) is 7.53. The van der Waals surface area contributed by atoms with E-state index in [9.17, 15) is 18.0 Å². The lowest BCUT2D eigenvalue weighted by atomic mass is 10.1. The predicted molar refractivity (Wildman–Crippen MR) is 103 cm³/mol. The molecule has 0 atom stereocenters. The van der Waals surface area contributed by atoms with Gasteiger partial charge in [-0.2, -0.15) is 0 Å². The minimum absolute atomic E-state index is 0.0760. The first-order valence-electron chi connectivity index (χ1n) is 8.05. The van der Waals surface area contributed by atoms with Crippen LogP contribution in [0.25, 0.3) is 0 Å². The average molecular weight is 409 g/mol. The van der Waals surface area contributed by atoms with E-state index < -0.39 is 21.8 Å². The van der Waals surface area contributed by atoms with Crippen LogP contribution in [0, 0.1) is 0 Å². The van der Waals surface area contributed by atoms with E-state index in [0.717, 1.165) is 0 Å². The summed E-state index contributed by atoms with van der Waals surface area (Å²) in [7, 11) is -2.15. The number of fused-ring (bicyclic) bond motifs is 1. The number of carbonyl (C=O) groups is 2. The van der Waals surface area contributed by atoms with Crippen molar-refractivity contribution in [3.8, 4) is 0 Å². The molecule has 2 aliphatic heterocycles. The van der Waals surface area contributed by atoms with Crippen molar-refractivity contribution >= 4 is 45.0 Å². The lowest BCUT2D eigenvalue weighted by Gasteiger charge is -2.30. The van der Waals surface area contributed by atoms with Gasteiger partial charge in [0.1, 0.15) is 0 Å². The highest BCUT2D eigenvalue weighted by atomic mass is 35.5. The Balaban J connectivity index is 1.72. The summed E-state index contributed by atoms with van der Waals surface area (Å²) in [6, 6.07) is 6.75. The normalized spacial score (nSPS) is 17.5. The van der Waals surface area contributed by atoms with Crippen molar-refractivity contribution in [2.45, 2.75) is 0 Å². The van der Waals surface area contributed by atoms with Crippen LogP contribution in [-0.2, 0) is 19.6 Å². The van der Waals surface area contributed by atoms with Gasteiger partial charge in [0, 0.05) is 19.8 Å². The van der Waals surface area contributed by atoms with Gasteiger partial charge in [-0.15, -0.1) is 4.40 Å². The molecule has 2 aliphatic rings. The second-order valence-electron chi connectivity index (χ2n) is 6.01. The maximum Gasteiger partial charge on any atom is 0.257 e. The molecule has 1 aromatic rings. The standard InChI is InChI=1S/C17H17ClN4O4S/c1-21(11-15(23)19-14-7-3-2-6-13(14)18)17(24)12-5-4-8-22-9-10-27(25,26)20-16(12)22/h2-8H,9-11H2,1H3,(H,19,23). The molecule has 0 aliphatic carbocycles. The Labute approximate surface area is 161 Å². The van der Waals surface area contributed by atoms with Crippen LogP contribution < -0.4 is 5.32 Å². The zero-order valence-corrected chi connectivity index (χ0v) is 16.0. The number of amides is 2. The number of nitrogens with one attached hydrogen (secondary N) is 1. The number of benzene rings is 1. The molecule has 1 aromatic carbocycles. The third-order valence-corrected chi connectivity index (χ3v) is 5.44. The van der Waals surface area contributed by atoms with Gasteiger partial charge >= 0.3 is 0 Å². The Morgan fingerprint density at radius 1 is 1.33 bits per heavy atom. The van der Waals surface area contributed by atoms with Gasteiger partial charge in [0.05, 0.1) is 28.6 Å². The molecule has 0 spiro atoms. The van der Waals surface area contributed by atoms with Crippen LogP contribution >= 0.6 is 11.6 Å². The summed E-state index contributed by atoms with van der Waals surface area (Å²) in [4.78, 5) is 27.7. The van der Waals surface area contributed by atoms with Gasteiger partial charge in [0.15, 0.2) is 5.84 Å². The number of rotatable bonds is 4. The minimum atomic E-state index is -3.61. The summed E-state index contributed by atoms with van der Waals surface area (Å²) >= 11 is 6.00. The SMILES string of the molecule is CN(CC(=O)Nc1ccccc1Cl)C(=O)C1=CC=CN2CCS(=O)(=O)N=C12. The van der Waals surface area contributed by atoms with E-state index in [4.69, 9.17) is 11.6 Å². The number of hydrogen-bond acceptors (Lipinski definition) is 5. The molecule has 1 N–H and O–H groups in total. The quantitative estimate of drug-likeness (QED) is 0.807. The molecule has 2 amide bonds. The number of halogens is 1. The molecule has 0 saturated carbocycles. The third kappa shape index (κ3) is 4.37. The maximum absolute atomic E-state index is 12.7. The molecule has 8 nitrogen and oxygen atoms in total. The Kier molecular flexibility index (Phi) is 5.33. The van der Waals surface area contributed by atoms with Crippen molar-refractivity contribution in [1.82, 2.24) is 9.80 Å².